The molecule has 0 spiro atoms. The number of hydrogen-bond donors (Lipinski definition) is 1. The van der Waals surface area contributed by atoms with Crippen LogP contribution < -0.4 is 5.32 Å². The van der Waals surface area contributed by atoms with Gasteiger partial charge in [-0.25, -0.2) is 4.98 Å². The van der Waals surface area contributed by atoms with E-state index < -0.39 is 0 Å². The van der Waals surface area contributed by atoms with E-state index in [2.05, 4.69) is 34.4 Å². The van der Waals surface area contributed by atoms with Crippen LogP contribution in [0.15, 0.2) is 11.6 Å². The number of piperazine rings is 1. The molecule has 1 aromatic heterocycles. The van der Waals surface area contributed by atoms with Crippen LogP contribution in [0, 0.1) is 5.92 Å². The van der Waals surface area contributed by atoms with Crippen molar-refractivity contribution in [1.82, 2.24) is 15.2 Å². The fourth-order valence-corrected chi connectivity index (χ4v) is 3.81. The van der Waals surface area contributed by atoms with E-state index in [0.29, 0.717) is 12.1 Å². The second-order valence-electron chi connectivity index (χ2n) is 5.66. The Morgan fingerprint density at radius 2 is 2.39 bits per heavy atom. The third kappa shape index (κ3) is 2.46. The first-order valence-corrected chi connectivity index (χ1v) is 8.06. The zero-order valence-corrected chi connectivity index (χ0v) is 12.1. The topological polar surface area (TPSA) is 28.2 Å². The van der Waals surface area contributed by atoms with E-state index in [0.717, 1.165) is 18.5 Å². The normalized spacial score (nSPS) is 31.4. The minimum atomic E-state index is 0.471. The van der Waals surface area contributed by atoms with Gasteiger partial charge in [0.25, 0.3) is 0 Å². The molecular formula is C14H23N3S. The largest absolute Gasteiger partial charge is 0.311 e. The van der Waals surface area contributed by atoms with Crippen molar-refractivity contribution in [3.8, 4) is 0 Å². The first kappa shape index (κ1) is 12.6. The molecule has 1 saturated carbocycles. The highest BCUT2D eigenvalue weighted by atomic mass is 32.1. The molecule has 0 bridgehead atoms. The Morgan fingerprint density at radius 3 is 3.00 bits per heavy atom. The molecule has 1 N–H and O–H groups in total. The zero-order valence-electron chi connectivity index (χ0n) is 11.3. The molecule has 18 heavy (non-hydrogen) atoms. The van der Waals surface area contributed by atoms with Gasteiger partial charge >= 0.3 is 0 Å². The van der Waals surface area contributed by atoms with Crippen LogP contribution in [0.5, 0.6) is 0 Å². The number of nitrogens with one attached hydrogen (secondary N) is 1. The molecule has 3 unspecified atom stereocenters. The fourth-order valence-electron chi connectivity index (χ4n) is 3.10. The SMILES string of the molecule is CCC1CNC(C2CC2)CN1C(C)c1nccs1. The molecule has 0 amide bonds. The Morgan fingerprint density at radius 1 is 1.56 bits per heavy atom. The first-order valence-electron chi connectivity index (χ1n) is 7.18. The average Bonchev–Trinajstić information content (AvgIpc) is 3.12. The summed E-state index contributed by atoms with van der Waals surface area (Å²) in [5.74, 6) is 0.939. The first-order chi connectivity index (χ1) is 8.79. The molecule has 3 nitrogen and oxygen atoms in total. The van der Waals surface area contributed by atoms with Gasteiger partial charge in [-0.1, -0.05) is 6.92 Å². The number of hydrogen-bond acceptors (Lipinski definition) is 4. The van der Waals surface area contributed by atoms with Crippen molar-refractivity contribution >= 4 is 11.3 Å². The lowest BCUT2D eigenvalue weighted by Gasteiger charge is -2.43. The summed E-state index contributed by atoms with van der Waals surface area (Å²) < 4.78 is 0. The van der Waals surface area contributed by atoms with Gasteiger partial charge in [0.15, 0.2) is 0 Å². The standard InChI is InChI=1S/C14H23N3S/c1-3-12-8-16-13(11-4-5-11)9-17(12)10(2)14-15-6-7-18-14/h6-7,10-13,16H,3-5,8-9H2,1-2H3. The predicted octanol–water partition coefficient (Wildman–Crippen LogP) is 2.67. The van der Waals surface area contributed by atoms with Crippen LogP contribution in [0.4, 0.5) is 0 Å². The number of rotatable bonds is 4. The molecular weight excluding hydrogens is 242 g/mol. The zero-order chi connectivity index (χ0) is 12.5. The van der Waals surface area contributed by atoms with Gasteiger partial charge in [-0.2, -0.15) is 0 Å². The van der Waals surface area contributed by atoms with Crippen molar-refractivity contribution in [2.75, 3.05) is 13.1 Å². The van der Waals surface area contributed by atoms with Crippen molar-refractivity contribution < 1.29 is 0 Å². The number of thiazole rings is 1. The van der Waals surface area contributed by atoms with E-state index in [-0.39, 0.29) is 0 Å². The van der Waals surface area contributed by atoms with Crippen molar-refractivity contribution in [3.05, 3.63) is 16.6 Å². The lowest BCUT2D eigenvalue weighted by Crippen LogP contribution is -2.57. The van der Waals surface area contributed by atoms with Crippen molar-refractivity contribution in [2.45, 2.75) is 51.2 Å². The quantitative estimate of drug-likeness (QED) is 0.907. The lowest BCUT2D eigenvalue weighted by molar-refractivity contribution is 0.0802. The van der Waals surface area contributed by atoms with Gasteiger partial charge < -0.3 is 5.32 Å². The second kappa shape index (κ2) is 5.27. The van der Waals surface area contributed by atoms with Gasteiger partial charge in [0, 0.05) is 36.8 Å². The van der Waals surface area contributed by atoms with Crippen LogP contribution in [0.3, 0.4) is 0 Å². The minimum absolute atomic E-state index is 0.471. The molecule has 1 saturated heterocycles. The van der Waals surface area contributed by atoms with Crippen LogP contribution in [-0.4, -0.2) is 35.1 Å². The highest BCUT2D eigenvalue weighted by Gasteiger charge is 2.38. The summed E-state index contributed by atoms with van der Waals surface area (Å²) in [5, 5.41) is 7.11. The second-order valence-corrected chi connectivity index (χ2v) is 6.58. The molecule has 3 atom stereocenters. The monoisotopic (exact) mass is 265 g/mol. The Bertz CT molecular complexity index is 374. The molecule has 2 heterocycles. The molecule has 100 valence electrons. The Balaban J connectivity index is 1.72. The maximum Gasteiger partial charge on any atom is 0.109 e. The predicted molar refractivity (Wildman–Crippen MR) is 75.8 cm³/mol. The van der Waals surface area contributed by atoms with Crippen molar-refractivity contribution in [2.24, 2.45) is 5.92 Å². The summed E-state index contributed by atoms with van der Waals surface area (Å²) in [7, 11) is 0. The van der Waals surface area contributed by atoms with Gasteiger partial charge in [-0.3, -0.25) is 4.90 Å². The van der Waals surface area contributed by atoms with Crippen LogP contribution in [0.25, 0.3) is 0 Å². The summed E-state index contributed by atoms with van der Waals surface area (Å²) in [4.78, 5) is 7.18. The molecule has 1 aliphatic carbocycles. The summed E-state index contributed by atoms with van der Waals surface area (Å²) in [6.45, 7) is 6.96. The maximum atomic E-state index is 4.50. The molecule has 4 heteroatoms. The molecule has 0 aromatic carbocycles. The number of nitrogens with zero attached hydrogens (tertiary/aromatic N) is 2. The molecule has 2 fully saturated rings. The van der Waals surface area contributed by atoms with Crippen LogP contribution in [0.2, 0.25) is 0 Å². The molecule has 0 radical (unpaired) electrons. The van der Waals surface area contributed by atoms with E-state index in [9.17, 15) is 0 Å². The van der Waals surface area contributed by atoms with E-state index >= 15 is 0 Å². The van der Waals surface area contributed by atoms with Crippen molar-refractivity contribution in [1.29, 1.82) is 0 Å². The van der Waals surface area contributed by atoms with E-state index in [1.165, 1.54) is 30.8 Å². The Hall–Kier alpha value is -0.450. The summed E-state index contributed by atoms with van der Waals surface area (Å²) in [6, 6.07) is 1.85. The van der Waals surface area contributed by atoms with Gasteiger partial charge in [0.2, 0.25) is 0 Å². The molecule has 2 aliphatic rings. The van der Waals surface area contributed by atoms with Crippen LogP contribution in [0.1, 0.15) is 44.2 Å². The van der Waals surface area contributed by atoms with Crippen molar-refractivity contribution in [3.63, 3.8) is 0 Å². The molecule has 1 aromatic rings. The average molecular weight is 265 g/mol. The smallest absolute Gasteiger partial charge is 0.109 e. The molecule has 1 aliphatic heterocycles. The van der Waals surface area contributed by atoms with Gasteiger partial charge in [0.1, 0.15) is 5.01 Å². The summed E-state index contributed by atoms with van der Waals surface area (Å²) in [6.07, 6.45) is 6.00. The molecule has 3 rings (SSSR count). The van der Waals surface area contributed by atoms with Crippen LogP contribution >= 0.6 is 11.3 Å². The third-order valence-electron chi connectivity index (χ3n) is 4.46. The fraction of sp³-hybridized carbons (Fsp3) is 0.786. The highest BCUT2D eigenvalue weighted by molar-refractivity contribution is 7.09. The van der Waals surface area contributed by atoms with E-state index in [4.69, 9.17) is 0 Å². The van der Waals surface area contributed by atoms with Crippen LogP contribution in [-0.2, 0) is 0 Å². The summed E-state index contributed by atoms with van der Waals surface area (Å²) >= 11 is 1.79. The van der Waals surface area contributed by atoms with Gasteiger partial charge in [-0.05, 0) is 32.1 Å². The highest BCUT2D eigenvalue weighted by Crippen LogP contribution is 2.36. The minimum Gasteiger partial charge on any atom is -0.311 e. The van der Waals surface area contributed by atoms with Gasteiger partial charge in [-0.15, -0.1) is 11.3 Å². The maximum absolute atomic E-state index is 4.50. The van der Waals surface area contributed by atoms with E-state index in [1.54, 1.807) is 11.3 Å². The van der Waals surface area contributed by atoms with E-state index in [1.807, 2.05) is 6.20 Å². The number of aromatic nitrogens is 1. The Labute approximate surface area is 114 Å². The Kier molecular flexibility index (Phi) is 3.68. The third-order valence-corrected chi connectivity index (χ3v) is 5.41. The van der Waals surface area contributed by atoms with Gasteiger partial charge in [0.05, 0.1) is 6.04 Å². The lowest BCUT2D eigenvalue weighted by atomic mass is 10.0. The summed E-state index contributed by atoms with van der Waals surface area (Å²) in [5.41, 5.74) is 0.